The van der Waals surface area contributed by atoms with Crippen LogP contribution in [-0.2, 0) is 0 Å². The average Bonchev–Trinajstić information content (AvgIpc) is 3.25. The third-order valence-electron chi connectivity index (χ3n) is 8.18. The highest BCUT2D eigenvalue weighted by Crippen LogP contribution is 2.44. The van der Waals surface area contributed by atoms with E-state index in [1.165, 1.54) is 64.2 Å². The topological polar surface area (TPSA) is 123 Å². The van der Waals surface area contributed by atoms with Gasteiger partial charge in [-0.3, -0.25) is 0 Å². The van der Waals surface area contributed by atoms with Gasteiger partial charge in [-0.2, -0.15) is 9.97 Å². The number of rotatable bonds is 8. The standard InChI is InChI=1S/C24H36N8O2/c33-13-11-25-23-28-20-19(21(29-23)31-15-3-1-4-16(31)8-7-15)27-24(26-12-14-34)30-22(20)32-17-5-2-6-18(32)10-9-17/h15-18,33-34H,1-14H2,(H,25,28,29)(H,26,27,30)/t15-,16+,17-,18+. The Morgan fingerprint density at radius 1 is 0.588 bits per heavy atom. The predicted octanol–water partition coefficient (Wildman–Crippen LogP) is 2.27. The van der Waals surface area contributed by atoms with Gasteiger partial charge in [0.15, 0.2) is 11.6 Å². The van der Waals surface area contributed by atoms with E-state index in [0.29, 0.717) is 49.2 Å². The van der Waals surface area contributed by atoms with E-state index in [4.69, 9.17) is 19.9 Å². The molecule has 184 valence electrons. The lowest BCUT2D eigenvalue weighted by molar-refractivity contribution is 0.310. The van der Waals surface area contributed by atoms with Gasteiger partial charge in [0.1, 0.15) is 11.0 Å². The number of aliphatic hydroxyl groups is 2. The zero-order valence-corrected chi connectivity index (χ0v) is 19.8. The first-order valence-electron chi connectivity index (χ1n) is 13.1. The summed E-state index contributed by atoms with van der Waals surface area (Å²) < 4.78 is 0. The molecule has 2 aromatic heterocycles. The summed E-state index contributed by atoms with van der Waals surface area (Å²) in [5.41, 5.74) is 1.59. The molecule has 4 fully saturated rings. The van der Waals surface area contributed by atoms with Crippen molar-refractivity contribution in [1.82, 2.24) is 19.9 Å². The maximum Gasteiger partial charge on any atom is 0.225 e. The van der Waals surface area contributed by atoms with Gasteiger partial charge >= 0.3 is 0 Å². The number of nitrogens with zero attached hydrogens (tertiary/aromatic N) is 6. The lowest BCUT2D eigenvalue weighted by Crippen LogP contribution is -2.41. The second-order valence-corrected chi connectivity index (χ2v) is 10.2. The molecule has 0 radical (unpaired) electrons. The van der Waals surface area contributed by atoms with Gasteiger partial charge < -0.3 is 30.6 Å². The molecule has 10 nitrogen and oxygen atoms in total. The van der Waals surface area contributed by atoms with Crippen molar-refractivity contribution in [3.05, 3.63) is 0 Å². The van der Waals surface area contributed by atoms with Crippen LogP contribution < -0.4 is 20.4 Å². The van der Waals surface area contributed by atoms with E-state index in [-0.39, 0.29) is 13.2 Å². The van der Waals surface area contributed by atoms with Crippen molar-refractivity contribution in [2.24, 2.45) is 0 Å². The van der Waals surface area contributed by atoms with Crippen LogP contribution in [0.3, 0.4) is 0 Å². The Morgan fingerprint density at radius 2 is 0.971 bits per heavy atom. The van der Waals surface area contributed by atoms with E-state index >= 15 is 0 Å². The second kappa shape index (κ2) is 9.30. The smallest absolute Gasteiger partial charge is 0.225 e. The Bertz CT molecular complexity index is 922. The minimum absolute atomic E-state index is 0.0232. The number of piperidine rings is 2. The van der Waals surface area contributed by atoms with Gasteiger partial charge in [-0.1, -0.05) is 0 Å². The quantitative estimate of drug-likeness (QED) is 0.459. The maximum atomic E-state index is 9.42. The van der Waals surface area contributed by atoms with Crippen LogP contribution in [-0.4, -0.2) is 80.6 Å². The second-order valence-electron chi connectivity index (χ2n) is 10.2. The first-order valence-corrected chi connectivity index (χ1v) is 13.1. The normalized spacial score (nSPS) is 28.1. The number of hydrogen-bond acceptors (Lipinski definition) is 10. The molecule has 0 amide bonds. The third kappa shape index (κ3) is 3.80. The third-order valence-corrected chi connectivity index (χ3v) is 8.18. The highest BCUT2D eigenvalue weighted by atomic mass is 16.3. The van der Waals surface area contributed by atoms with Gasteiger partial charge in [-0.25, -0.2) is 9.97 Å². The van der Waals surface area contributed by atoms with Crippen molar-refractivity contribution in [2.75, 3.05) is 46.7 Å². The average molecular weight is 469 g/mol. The van der Waals surface area contributed by atoms with Crippen molar-refractivity contribution in [3.8, 4) is 0 Å². The van der Waals surface area contributed by atoms with Gasteiger partial charge in [0.2, 0.25) is 11.9 Å². The van der Waals surface area contributed by atoms with E-state index in [1.54, 1.807) is 0 Å². The highest BCUT2D eigenvalue weighted by Gasteiger charge is 2.41. The zero-order chi connectivity index (χ0) is 23.1. The SMILES string of the molecule is OCCNc1nc(N2[C@@H]3CCC[C@H]2CC3)c2nc(NCCO)nc(N3[C@@H]4CCC[C@H]3CC4)c2n1. The van der Waals surface area contributed by atoms with Gasteiger partial charge in [0.05, 0.1) is 13.2 Å². The molecule has 6 heterocycles. The summed E-state index contributed by atoms with van der Waals surface area (Å²) in [7, 11) is 0. The minimum Gasteiger partial charge on any atom is -0.395 e. The molecular weight excluding hydrogens is 432 g/mol. The molecule has 0 spiro atoms. The fourth-order valence-corrected chi connectivity index (χ4v) is 6.77. The Labute approximate surface area is 200 Å². The Morgan fingerprint density at radius 3 is 1.32 bits per heavy atom. The summed E-state index contributed by atoms with van der Waals surface area (Å²) in [6.07, 6.45) is 12.1. The summed E-state index contributed by atoms with van der Waals surface area (Å²) >= 11 is 0. The predicted molar refractivity (Wildman–Crippen MR) is 133 cm³/mol. The van der Waals surface area contributed by atoms with E-state index < -0.39 is 0 Å². The van der Waals surface area contributed by atoms with Crippen molar-refractivity contribution in [3.63, 3.8) is 0 Å². The lowest BCUT2D eigenvalue weighted by atomic mass is 10.0. The summed E-state index contributed by atoms with van der Waals surface area (Å²) in [5, 5.41) is 25.3. The van der Waals surface area contributed by atoms with Crippen LogP contribution in [0.1, 0.15) is 64.2 Å². The molecule has 34 heavy (non-hydrogen) atoms. The molecule has 0 unspecified atom stereocenters. The van der Waals surface area contributed by atoms with Crippen LogP contribution in [0.4, 0.5) is 23.5 Å². The molecular formula is C24H36N8O2. The number of aliphatic hydroxyl groups excluding tert-OH is 2. The number of fused-ring (bicyclic) bond motifs is 5. The van der Waals surface area contributed by atoms with Crippen LogP contribution in [0.5, 0.6) is 0 Å². The fraction of sp³-hybridized carbons (Fsp3) is 0.750. The van der Waals surface area contributed by atoms with Crippen LogP contribution in [0.2, 0.25) is 0 Å². The summed E-state index contributed by atoms with van der Waals surface area (Å²) in [5.74, 6) is 2.84. The number of aromatic nitrogens is 4. The molecule has 0 aromatic carbocycles. The molecule has 0 saturated carbocycles. The maximum absolute atomic E-state index is 9.42. The molecule has 4 bridgehead atoms. The molecule has 4 aliphatic heterocycles. The molecule has 4 saturated heterocycles. The molecule has 10 heteroatoms. The largest absolute Gasteiger partial charge is 0.395 e. The molecule has 4 aliphatic rings. The summed E-state index contributed by atoms with van der Waals surface area (Å²) in [6.45, 7) is 0.850. The van der Waals surface area contributed by atoms with E-state index in [9.17, 15) is 10.2 Å². The zero-order valence-electron chi connectivity index (χ0n) is 19.8. The molecule has 0 aliphatic carbocycles. The van der Waals surface area contributed by atoms with Crippen molar-refractivity contribution in [2.45, 2.75) is 88.4 Å². The number of anilines is 4. The van der Waals surface area contributed by atoms with Gasteiger partial charge in [-0.15, -0.1) is 0 Å². The van der Waals surface area contributed by atoms with E-state index in [1.807, 2.05) is 0 Å². The van der Waals surface area contributed by atoms with Crippen LogP contribution in [0.25, 0.3) is 11.0 Å². The van der Waals surface area contributed by atoms with Crippen molar-refractivity contribution < 1.29 is 10.2 Å². The van der Waals surface area contributed by atoms with Crippen LogP contribution >= 0.6 is 0 Å². The Kier molecular flexibility index (Phi) is 6.02. The minimum atomic E-state index is 0.0232. The molecule has 4 atom stereocenters. The van der Waals surface area contributed by atoms with Crippen LogP contribution in [0, 0.1) is 0 Å². The van der Waals surface area contributed by atoms with E-state index in [0.717, 1.165) is 22.7 Å². The summed E-state index contributed by atoms with van der Waals surface area (Å²) in [6, 6.07) is 1.95. The Balaban J connectivity index is 1.54. The molecule has 4 N–H and O–H groups in total. The first-order chi connectivity index (χ1) is 16.8. The lowest BCUT2D eigenvalue weighted by Gasteiger charge is -2.38. The van der Waals surface area contributed by atoms with E-state index in [2.05, 4.69) is 20.4 Å². The van der Waals surface area contributed by atoms with Crippen molar-refractivity contribution >= 4 is 34.6 Å². The number of nitrogens with one attached hydrogen (secondary N) is 2. The van der Waals surface area contributed by atoms with Crippen molar-refractivity contribution in [1.29, 1.82) is 0 Å². The monoisotopic (exact) mass is 468 g/mol. The fourth-order valence-electron chi connectivity index (χ4n) is 6.77. The van der Waals surface area contributed by atoms with Crippen LogP contribution in [0.15, 0.2) is 0 Å². The first kappa shape index (κ1) is 22.0. The molecule has 2 aromatic rings. The number of hydrogen-bond donors (Lipinski definition) is 4. The summed E-state index contributed by atoms with van der Waals surface area (Å²) in [4.78, 5) is 24.8. The van der Waals surface area contributed by atoms with Gasteiger partial charge in [0.25, 0.3) is 0 Å². The van der Waals surface area contributed by atoms with Gasteiger partial charge in [-0.05, 0) is 64.2 Å². The van der Waals surface area contributed by atoms with Gasteiger partial charge in [0, 0.05) is 37.3 Å². The Hall–Kier alpha value is -2.46. The molecule has 6 rings (SSSR count). The highest BCUT2D eigenvalue weighted by molar-refractivity contribution is 5.95.